The van der Waals surface area contributed by atoms with Crippen molar-refractivity contribution >= 4 is 20.5 Å². The standard InChI is InChI=1S/C18H30O2Si2/c21-17(10-4-6-12-19-17)16(14-15-8-2-1-3-9-15)18(22)11-5-7-13-20-18/h1-3,8-9,16H,4-7,10-14H2,21-22H3. The molecular formula is C18H30O2Si2. The van der Waals surface area contributed by atoms with E-state index in [9.17, 15) is 0 Å². The van der Waals surface area contributed by atoms with E-state index in [1.807, 2.05) is 0 Å². The third-order valence-corrected chi connectivity index (χ3v) is 8.73. The van der Waals surface area contributed by atoms with Crippen LogP contribution in [0.5, 0.6) is 0 Å². The Morgan fingerprint density at radius 2 is 1.41 bits per heavy atom. The van der Waals surface area contributed by atoms with Gasteiger partial charge in [0.05, 0.1) is 10.4 Å². The Morgan fingerprint density at radius 1 is 0.864 bits per heavy atom. The first-order valence-electron chi connectivity index (χ1n) is 8.94. The topological polar surface area (TPSA) is 18.5 Å². The van der Waals surface area contributed by atoms with Crippen LogP contribution in [0.4, 0.5) is 0 Å². The van der Waals surface area contributed by atoms with Crippen molar-refractivity contribution in [1.29, 1.82) is 0 Å². The van der Waals surface area contributed by atoms with Crippen molar-refractivity contribution < 1.29 is 9.47 Å². The second-order valence-corrected chi connectivity index (χ2v) is 10.9. The molecule has 2 nitrogen and oxygen atoms in total. The van der Waals surface area contributed by atoms with Gasteiger partial charge in [0, 0.05) is 39.6 Å². The van der Waals surface area contributed by atoms with Crippen molar-refractivity contribution in [1.82, 2.24) is 0 Å². The molecule has 3 rings (SSSR count). The van der Waals surface area contributed by atoms with E-state index >= 15 is 0 Å². The molecule has 1 aromatic rings. The Kier molecular flexibility index (Phi) is 5.22. The number of ether oxygens (including phenoxy) is 2. The molecule has 0 bridgehead atoms. The fourth-order valence-electron chi connectivity index (χ4n) is 4.39. The molecule has 4 heteroatoms. The summed E-state index contributed by atoms with van der Waals surface area (Å²) in [6.45, 7) is 1.90. The lowest BCUT2D eigenvalue weighted by molar-refractivity contribution is -0.137. The van der Waals surface area contributed by atoms with Crippen LogP contribution in [0.15, 0.2) is 30.3 Å². The van der Waals surface area contributed by atoms with Gasteiger partial charge in [0.15, 0.2) is 0 Å². The maximum atomic E-state index is 6.42. The van der Waals surface area contributed by atoms with Gasteiger partial charge in [-0.1, -0.05) is 30.3 Å². The number of rotatable bonds is 4. The first-order chi connectivity index (χ1) is 10.6. The van der Waals surface area contributed by atoms with Gasteiger partial charge < -0.3 is 9.47 Å². The van der Waals surface area contributed by atoms with Crippen LogP contribution in [-0.4, -0.2) is 44.1 Å². The highest BCUT2D eigenvalue weighted by atomic mass is 28.2. The van der Waals surface area contributed by atoms with Gasteiger partial charge in [0.1, 0.15) is 0 Å². The molecule has 0 aliphatic carbocycles. The molecule has 0 aromatic heterocycles. The lowest BCUT2D eigenvalue weighted by Gasteiger charge is -2.51. The molecule has 1 aromatic carbocycles. The minimum absolute atomic E-state index is 0.118. The molecule has 2 unspecified atom stereocenters. The fraction of sp³-hybridized carbons (Fsp3) is 0.667. The van der Waals surface area contributed by atoms with Gasteiger partial charge in [-0.2, -0.15) is 0 Å². The van der Waals surface area contributed by atoms with Gasteiger partial charge >= 0.3 is 0 Å². The highest BCUT2D eigenvalue weighted by molar-refractivity contribution is 6.18. The largest absolute Gasteiger partial charge is 0.379 e. The van der Waals surface area contributed by atoms with E-state index in [0.29, 0.717) is 5.92 Å². The molecule has 2 aliphatic heterocycles. The zero-order valence-electron chi connectivity index (χ0n) is 14.1. The van der Waals surface area contributed by atoms with Crippen molar-refractivity contribution in [2.75, 3.05) is 13.2 Å². The summed E-state index contributed by atoms with van der Waals surface area (Å²) in [5, 5.41) is 0.236. The molecule has 2 aliphatic rings. The zero-order valence-corrected chi connectivity index (χ0v) is 18.1. The predicted octanol–water partition coefficient (Wildman–Crippen LogP) is 1.37. The minimum Gasteiger partial charge on any atom is -0.379 e. The van der Waals surface area contributed by atoms with Crippen LogP contribution in [0.1, 0.15) is 44.1 Å². The van der Waals surface area contributed by atoms with Gasteiger partial charge in [0.2, 0.25) is 0 Å². The number of hydrogen-bond donors (Lipinski definition) is 0. The molecular weight excluding hydrogens is 304 g/mol. The summed E-state index contributed by atoms with van der Waals surface area (Å²) in [4.78, 5) is 0. The second kappa shape index (κ2) is 6.99. The van der Waals surface area contributed by atoms with Gasteiger partial charge in [-0.25, -0.2) is 0 Å². The number of benzene rings is 1. The highest BCUT2D eigenvalue weighted by Crippen LogP contribution is 2.42. The van der Waals surface area contributed by atoms with E-state index < -0.39 is 0 Å². The van der Waals surface area contributed by atoms with Crippen molar-refractivity contribution in [2.45, 2.75) is 55.4 Å². The minimum atomic E-state index is 0.118. The van der Waals surface area contributed by atoms with Crippen LogP contribution >= 0.6 is 0 Å². The predicted molar refractivity (Wildman–Crippen MR) is 98.6 cm³/mol. The average Bonchev–Trinajstić information content (AvgIpc) is 2.55. The molecule has 22 heavy (non-hydrogen) atoms. The van der Waals surface area contributed by atoms with Gasteiger partial charge in [-0.15, -0.1) is 0 Å². The molecule has 2 atom stereocenters. The van der Waals surface area contributed by atoms with Crippen LogP contribution in [0.3, 0.4) is 0 Å². The first-order valence-corrected chi connectivity index (χ1v) is 10.9. The fourth-order valence-corrected chi connectivity index (χ4v) is 7.71. The van der Waals surface area contributed by atoms with Crippen LogP contribution in [0.25, 0.3) is 0 Å². The molecule has 2 saturated heterocycles. The average molecular weight is 335 g/mol. The Bertz CT molecular complexity index is 441. The van der Waals surface area contributed by atoms with E-state index in [2.05, 4.69) is 30.3 Å². The Hall–Kier alpha value is -0.426. The molecule has 2 fully saturated rings. The molecule has 0 spiro atoms. The molecule has 0 radical (unpaired) electrons. The van der Waals surface area contributed by atoms with Crippen LogP contribution in [0, 0.1) is 5.92 Å². The van der Waals surface area contributed by atoms with E-state index in [1.54, 1.807) is 0 Å². The summed E-state index contributed by atoms with van der Waals surface area (Å²) in [7, 11) is 2.22. The molecule has 0 N–H and O–H groups in total. The summed E-state index contributed by atoms with van der Waals surface area (Å²) >= 11 is 0. The normalized spacial score (nSPS) is 34.5. The molecule has 0 amide bonds. The Morgan fingerprint density at radius 3 is 1.86 bits per heavy atom. The third-order valence-electron chi connectivity index (χ3n) is 5.76. The smallest absolute Gasteiger partial charge is 0.0540 e. The van der Waals surface area contributed by atoms with Crippen molar-refractivity contribution in [3.63, 3.8) is 0 Å². The summed E-state index contributed by atoms with van der Waals surface area (Å²) in [6.07, 6.45) is 8.72. The summed E-state index contributed by atoms with van der Waals surface area (Å²) in [6, 6.07) is 11.0. The van der Waals surface area contributed by atoms with E-state index in [-0.39, 0.29) is 10.4 Å². The lowest BCUT2D eigenvalue weighted by atomic mass is 9.81. The van der Waals surface area contributed by atoms with Crippen molar-refractivity contribution in [3.8, 4) is 0 Å². The lowest BCUT2D eigenvalue weighted by Crippen LogP contribution is -2.58. The maximum absolute atomic E-state index is 6.42. The van der Waals surface area contributed by atoms with Crippen molar-refractivity contribution in [2.24, 2.45) is 5.92 Å². The van der Waals surface area contributed by atoms with Gasteiger partial charge in [-0.3, -0.25) is 0 Å². The van der Waals surface area contributed by atoms with Crippen LogP contribution < -0.4 is 0 Å². The highest BCUT2D eigenvalue weighted by Gasteiger charge is 2.48. The summed E-state index contributed by atoms with van der Waals surface area (Å²) in [5.74, 6) is 0.543. The molecule has 2 heterocycles. The third kappa shape index (κ3) is 3.56. The van der Waals surface area contributed by atoms with Crippen LogP contribution in [-0.2, 0) is 15.9 Å². The van der Waals surface area contributed by atoms with Crippen LogP contribution in [0.2, 0.25) is 0 Å². The quantitative estimate of drug-likeness (QED) is 0.774. The maximum Gasteiger partial charge on any atom is 0.0540 e. The van der Waals surface area contributed by atoms with E-state index in [4.69, 9.17) is 9.47 Å². The molecule has 0 saturated carbocycles. The SMILES string of the molecule is [SiH3]C1(C(Cc2ccccc2)C2([SiH3])CCCCO2)CCCCO1. The second-order valence-electron chi connectivity index (χ2n) is 7.48. The summed E-state index contributed by atoms with van der Waals surface area (Å²) in [5.41, 5.74) is 1.45. The van der Waals surface area contributed by atoms with Gasteiger partial charge in [0.25, 0.3) is 0 Å². The van der Waals surface area contributed by atoms with Crippen molar-refractivity contribution in [3.05, 3.63) is 35.9 Å². The monoisotopic (exact) mass is 334 g/mol. The van der Waals surface area contributed by atoms with E-state index in [0.717, 1.165) is 40.1 Å². The van der Waals surface area contributed by atoms with E-state index in [1.165, 1.54) is 44.1 Å². The first kappa shape index (κ1) is 16.4. The Labute approximate surface area is 140 Å². The zero-order chi connectivity index (χ0) is 15.5. The Balaban J connectivity index is 1.87. The van der Waals surface area contributed by atoms with Gasteiger partial charge in [-0.05, 0) is 50.5 Å². The summed E-state index contributed by atoms with van der Waals surface area (Å²) < 4.78 is 12.8. The number of hydrogen-bond acceptors (Lipinski definition) is 2. The molecule has 122 valence electrons.